The number of nitrogens with one attached hydrogen (secondary N) is 1. The average Bonchev–Trinajstić information content (AvgIpc) is 3.13. The van der Waals surface area contributed by atoms with Gasteiger partial charge in [-0.2, -0.15) is 0 Å². The molecule has 0 saturated heterocycles. The van der Waals surface area contributed by atoms with E-state index < -0.39 is 24.3 Å². The van der Waals surface area contributed by atoms with Gasteiger partial charge >= 0.3 is 5.97 Å². The van der Waals surface area contributed by atoms with Gasteiger partial charge in [0.15, 0.2) is 6.61 Å². The smallest absolute Gasteiger partial charge is 0.349 e. The Kier molecular flexibility index (Phi) is 5.88. The number of hydrogen-bond acceptors (Lipinski definition) is 4. The van der Waals surface area contributed by atoms with Crippen LogP contribution in [0.5, 0.6) is 0 Å². The Balaban J connectivity index is 1.65. The third kappa shape index (κ3) is 4.72. The predicted molar refractivity (Wildman–Crippen MR) is 105 cm³/mol. The fraction of sp³-hybridized carbons (Fsp3) is 0.100. The van der Waals surface area contributed by atoms with Crippen molar-refractivity contribution in [2.75, 3.05) is 11.9 Å². The van der Waals surface area contributed by atoms with Gasteiger partial charge in [-0.1, -0.05) is 41.4 Å². The highest BCUT2D eigenvalue weighted by Gasteiger charge is 2.18. The summed E-state index contributed by atoms with van der Waals surface area (Å²) in [7, 11) is 0. The molecule has 3 rings (SSSR count). The van der Waals surface area contributed by atoms with Gasteiger partial charge in [0.05, 0.1) is 5.69 Å². The molecule has 27 heavy (non-hydrogen) atoms. The van der Waals surface area contributed by atoms with Crippen molar-refractivity contribution in [3.8, 4) is 11.1 Å². The van der Waals surface area contributed by atoms with Crippen LogP contribution in [-0.4, -0.2) is 18.5 Å². The molecule has 3 aromatic rings. The Morgan fingerprint density at radius 3 is 2.63 bits per heavy atom. The van der Waals surface area contributed by atoms with Crippen LogP contribution in [0, 0.1) is 12.7 Å². The minimum atomic E-state index is -0.655. The minimum absolute atomic E-state index is 0.0694. The van der Waals surface area contributed by atoms with E-state index in [9.17, 15) is 14.0 Å². The molecule has 1 heterocycles. The monoisotopic (exact) mass is 403 g/mol. The number of ether oxygens (including phenoxy) is 1. The van der Waals surface area contributed by atoms with E-state index in [1.807, 2.05) is 37.3 Å². The van der Waals surface area contributed by atoms with Gasteiger partial charge in [-0.25, -0.2) is 9.18 Å². The number of halogens is 2. The number of anilines is 1. The maximum Gasteiger partial charge on any atom is 0.349 e. The van der Waals surface area contributed by atoms with E-state index in [-0.39, 0.29) is 10.7 Å². The molecule has 1 N–H and O–H groups in total. The Morgan fingerprint density at radius 2 is 1.89 bits per heavy atom. The summed E-state index contributed by atoms with van der Waals surface area (Å²) in [6, 6.07) is 13.4. The normalized spacial score (nSPS) is 10.5. The third-order valence-electron chi connectivity index (χ3n) is 3.75. The lowest BCUT2D eigenvalue weighted by Crippen LogP contribution is -2.21. The van der Waals surface area contributed by atoms with E-state index in [2.05, 4.69) is 5.32 Å². The highest BCUT2D eigenvalue weighted by atomic mass is 35.5. The number of aryl methyl sites for hydroxylation is 1. The molecule has 0 saturated carbocycles. The van der Waals surface area contributed by atoms with Gasteiger partial charge in [-0.3, -0.25) is 4.79 Å². The van der Waals surface area contributed by atoms with Crippen LogP contribution in [0.4, 0.5) is 10.1 Å². The molecule has 4 nitrogen and oxygen atoms in total. The Morgan fingerprint density at radius 1 is 1.15 bits per heavy atom. The average molecular weight is 404 g/mol. The van der Waals surface area contributed by atoms with Crippen LogP contribution in [0.3, 0.4) is 0 Å². The van der Waals surface area contributed by atoms with E-state index in [1.165, 1.54) is 23.5 Å². The lowest BCUT2D eigenvalue weighted by Gasteiger charge is -2.08. The predicted octanol–water partition coefficient (Wildman–Crippen LogP) is 5.31. The van der Waals surface area contributed by atoms with Crippen molar-refractivity contribution in [2.24, 2.45) is 0 Å². The second kappa shape index (κ2) is 8.33. The van der Waals surface area contributed by atoms with Crippen LogP contribution >= 0.6 is 22.9 Å². The summed E-state index contributed by atoms with van der Waals surface area (Å²) in [6.45, 7) is 1.45. The van der Waals surface area contributed by atoms with Crippen LogP contribution in [0.25, 0.3) is 11.1 Å². The van der Waals surface area contributed by atoms with Crippen molar-refractivity contribution in [3.05, 3.63) is 75.2 Å². The van der Waals surface area contributed by atoms with E-state index in [0.29, 0.717) is 4.88 Å². The largest absolute Gasteiger partial charge is 0.451 e. The van der Waals surface area contributed by atoms with Crippen molar-refractivity contribution < 1.29 is 18.7 Å². The molecule has 0 atom stereocenters. The molecule has 1 amide bonds. The first-order chi connectivity index (χ1) is 12.9. The van der Waals surface area contributed by atoms with Gasteiger partial charge in [0, 0.05) is 10.6 Å². The van der Waals surface area contributed by atoms with Crippen LogP contribution in [0.1, 0.15) is 15.2 Å². The molecule has 0 fully saturated rings. The lowest BCUT2D eigenvalue weighted by molar-refractivity contribution is -0.119. The van der Waals surface area contributed by atoms with Crippen LogP contribution < -0.4 is 5.32 Å². The minimum Gasteiger partial charge on any atom is -0.451 e. The molecule has 0 aliphatic heterocycles. The zero-order chi connectivity index (χ0) is 19.4. The Bertz CT molecular complexity index is 985. The summed E-state index contributed by atoms with van der Waals surface area (Å²) in [6.07, 6.45) is 0. The Labute approximate surface area is 164 Å². The molecular formula is C20H15ClFNO3S. The van der Waals surface area contributed by atoms with E-state index >= 15 is 0 Å². The van der Waals surface area contributed by atoms with Gasteiger partial charge in [0.2, 0.25) is 0 Å². The second-order valence-corrected chi connectivity index (χ2v) is 7.13. The number of carbonyl (C=O) groups excluding carboxylic acids is 2. The second-order valence-electron chi connectivity index (χ2n) is 5.78. The van der Waals surface area contributed by atoms with E-state index in [4.69, 9.17) is 16.3 Å². The molecule has 0 spiro atoms. The van der Waals surface area contributed by atoms with Gasteiger partial charge < -0.3 is 10.1 Å². The number of carbonyl (C=O) groups is 2. The number of amides is 1. The van der Waals surface area contributed by atoms with Gasteiger partial charge in [-0.05, 0) is 42.1 Å². The first-order valence-corrected chi connectivity index (χ1v) is 9.26. The molecular weight excluding hydrogens is 389 g/mol. The van der Waals surface area contributed by atoms with E-state index in [1.54, 1.807) is 5.38 Å². The van der Waals surface area contributed by atoms with Gasteiger partial charge in [-0.15, -0.1) is 11.3 Å². The molecule has 0 unspecified atom stereocenters. The summed E-state index contributed by atoms with van der Waals surface area (Å²) in [4.78, 5) is 24.7. The van der Waals surface area contributed by atoms with Crippen molar-refractivity contribution in [3.63, 3.8) is 0 Å². The zero-order valence-electron chi connectivity index (χ0n) is 14.3. The van der Waals surface area contributed by atoms with Crippen LogP contribution in [0.15, 0.2) is 53.9 Å². The number of benzene rings is 2. The third-order valence-corrected chi connectivity index (χ3v) is 4.88. The number of rotatable bonds is 5. The standard InChI is InChI=1S/C20H15ClFNO3S/c1-12-2-4-13(5-3-12)15-8-9-27-19(15)20(25)26-11-18(24)23-17-10-14(21)6-7-16(17)22/h2-10H,11H2,1H3,(H,23,24). The topological polar surface area (TPSA) is 55.4 Å². The van der Waals surface area contributed by atoms with E-state index in [0.717, 1.165) is 22.8 Å². The number of hydrogen-bond donors (Lipinski definition) is 1. The summed E-state index contributed by atoms with van der Waals surface area (Å²) >= 11 is 7.01. The molecule has 138 valence electrons. The van der Waals surface area contributed by atoms with Gasteiger partial charge in [0.1, 0.15) is 10.7 Å². The number of esters is 1. The summed E-state index contributed by atoms with van der Waals surface area (Å²) in [5, 5.41) is 4.40. The SMILES string of the molecule is Cc1ccc(-c2ccsc2C(=O)OCC(=O)Nc2cc(Cl)ccc2F)cc1. The molecule has 0 radical (unpaired) electrons. The molecule has 0 bridgehead atoms. The molecule has 0 aliphatic rings. The fourth-order valence-corrected chi connectivity index (χ4v) is 3.38. The highest BCUT2D eigenvalue weighted by molar-refractivity contribution is 7.12. The molecule has 2 aromatic carbocycles. The van der Waals surface area contributed by atoms with Crippen LogP contribution in [0.2, 0.25) is 5.02 Å². The summed E-state index contributed by atoms with van der Waals surface area (Å²) in [5.74, 6) is -1.89. The Hall–Kier alpha value is -2.70. The van der Waals surface area contributed by atoms with Crippen molar-refractivity contribution in [1.82, 2.24) is 0 Å². The maximum absolute atomic E-state index is 13.6. The first kappa shape index (κ1) is 19.1. The van der Waals surface area contributed by atoms with Crippen molar-refractivity contribution in [1.29, 1.82) is 0 Å². The molecule has 0 aliphatic carbocycles. The maximum atomic E-state index is 13.6. The zero-order valence-corrected chi connectivity index (χ0v) is 15.9. The fourth-order valence-electron chi connectivity index (χ4n) is 2.40. The molecule has 1 aromatic heterocycles. The lowest BCUT2D eigenvalue weighted by atomic mass is 10.1. The number of thiophene rings is 1. The summed E-state index contributed by atoms with van der Waals surface area (Å²) in [5.41, 5.74) is 2.67. The van der Waals surface area contributed by atoms with Crippen molar-refractivity contribution >= 4 is 40.5 Å². The quantitative estimate of drug-likeness (QED) is 0.587. The van der Waals surface area contributed by atoms with Crippen molar-refractivity contribution in [2.45, 2.75) is 6.92 Å². The van der Waals surface area contributed by atoms with Crippen LogP contribution in [-0.2, 0) is 9.53 Å². The first-order valence-electron chi connectivity index (χ1n) is 8.00. The summed E-state index contributed by atoms with van der Waals surface area (Å²) < 4.78 is 18.7. The molecule has 7 heteroatoms. The van der Waals surface area contributed by atoms with Gasteiger partial charge in [0.25, 0.3) is 5.91 Å². The highest BCUT2D eigenvalue weighted by Crippen LogP contribution is 2.29.